The number of rotatable bonds is 10. The van der Waals surface area contributed by atoms with Crippen LogP contribution in [0.25, 0.3) is 0 Å². The Bertz CT molecular complexity index is 168. The summed E-state index contributed by atoms with van der Waals surface area (Å²) in [6, 6.07) is 0. The van der Waals surface area contributed by atoms with Crippen LogP contribution in [-0.4, -0.2) is 31.1 Å². The van der Waals surface area contributed by atoms with Crippen LogP contribution in [0.3, 0.4) is 0 Å². The van der Waals surface area contributed by atoms with Gasteiger partial charge in [0.05, 0.1) is 0 Å². The third-order valence-electron chi connectivity index (χ3n) is 3.71. The van der Waals surface area contributed by atoms with Crippen molar-refractivity contribution in [1.29, 1.82) is 0 Å². The van der Waals surface area contributed by atoms with Gasteiger partial charge < -0.3 is 10.6 Å². The summed E-state index contributed by atoms with van der Waals surface area (Å²) in [6.07, 6.45) is 3.82. The molecule has 2 atom stereocenters. The Balaban J connectivity index is 3.93. The predicted molar refractivity (Wildman–Crippen MR) is 78.2 cm³/mol. The van der Waals surface area contributed by atoms with E-state index in [-0.39, 0.29) is 0 Å². The smallest absolute Gasteiger partial charge is 0.000680 e. The van der Waals surface area contributed by atoms with Gasteiger partial charge in [0.25, 0.3) is 0 Å². The molecule has 0 aliphatic carbocycles. The van der Waals surface area contributed by atoms with Crippen molar-refractivity contribution in [3.63, 3.8) is 0 Å². The van der Waals surface area contributed by atoms with Crippen molar-refractivity contribution in [2.45, 2.75) is 53.9 Å². The quantitative estimate of drug-likeness (QED) is 0.636. The molecule has 0 aromatic heterocycles. The van der Waals surface area contributed by atoms with Crippen molar-refractivity contribution in [3.05, 3.63) is 0 Å². The van der Waals surface area contributed by atoms with Crippen molar-refractivity contribution < 1.29 is 0 Å². The van der Waals surface area contributed by atoms with E-state index < -0.39 is 0 Å². The van der Waals surface area contributed by atoms with Gasteiger partial charge in [0.15, 0.2) is 0 Å². The molecule has 0 spiro atoms. The van der Waals surface area contributed by atoms with Crippen LogP contribution >= 0.6 is 0 Å². The maximum Gasteiger partial charge on any atom is 0.000680 e. The Morgan fingerprint density at radius 3 is 2.18 bits per heavy atom. The first-order valence-corrected chi connectivity index (χ1v) is 7.45. The van der Waals surface area contributed by atoms with Crippen molar-refractivity contribution in [2.75, 3.05) is 26.2 Å². The molecule has 2 nitrogen and oxygen atoms in total. The van der Waals surface area contributed by atoms with E-state index in [0.29, 0.717) is 5.92 Å². The maximum absolute atomic E-state index is 5.86. The van der Waals surface area contributed by atoms with Gasteiger partial charge in [-0.05, 0) is 50.2 Å². The van der Waals surface area contributed by atoms with Crippen molar-refractivity contribution in [2.24, 2.45) is 23.5 Å². The number of hydrogen-bond donors (Lipinski definition) is 1. The Labute approximate surface area is 109 Å². The van der Waals surface area contributed by atoms with E-state index in [9.17, 15) is 0 Å². The van der Waals surface area contributed by atoms with Gasteiger partial charge in [0, 0.05) is 6.54 Å². The van der Waals surface area contributed by atoms with Gasteiger partial charge in [0.2, 0.25) is 0 Å². The molecule has 0 aromatic rings. The van der Waals surface area contributed by atoms with Gasteiger partial charge in [-0.3, -0.25) is 0 Å². The number of hydrogen-bond acceptors (Lipinski definition) is 2. The van der Waals surface area contributed by atoms with E-state index in [1.807, 2.05) is 0 Å². The second-order valence-corrected chi connectivity index (χ2v) is 5.93. The average Bonchev–Trinajstić information content (AvgIpc) is 2.31. The second-order valence-electron chi connectivity index (χ2n) is 5.93. The third kappa shape index (κ3) is 8.62. The molecule has 17 heavy (non-hydrogen) atoms. The molecule has 2 heteroatoms. The van der Waals surface area contributed by atoms with Crippen LogP contribution in [0, 0.1) is 17.8 Å². The molecular weight excluding hydrogens is 208 g/mol. The normalized spacial score (nSPS) is 15.5. The summed E-state index contributed by atoms with van der Waals surface area (Å²) < 4.78 is 0. The highest BCUT2D eigenvalue weighted by atomic mass is 15.1. The van der Waals surface area contributed by atoms with Crippen LogP contribution in [-0.2, 0) is 0 Å². The first-order valence-electron chi connectivity index (χ1n) is 7.45. The third-order valence-corrected chi connectivity index (χ3v) is 3.71. The molecule has 0 rings (SSSR count). The lowest BCUT2D eigenvalue weighted by atomic mass is 9.94. The first-order chi connectivity index (χ1) is 8.03. The topological polar surface area (TPSA) is 29.3 Å². The number of nitrogens with zero attached hydrogens (tertiary/aromatic N) is 1. The molecular formula is C15H34N2. The zero-order chi connectivity index (χ0) is 13.3. The molecule has 0 bridgehead atoms. The lowest BCUT2D eigenvalue weighted by molar-refractivity contribution is 0.222. The minimum absolute atomic E-state index is 0.709. The van der Waals surface area contributed by atoms with E-state index >= 15 is 0 Å². The molecule has 2 unspecified atom stereocenters. The van der Waals surface area contributed by atoms with E-state index in [1.54, 1.807) is 0 Å². The van der Waals surface area contributed by atoms with Crippen LogP contribution in [0.1, 0.15) is 53.9 Å². The molecule has 0 saturated carbocycles. The summed E-state index contributed by atoms with van der Waals surface area (Å²) >= 11 is 0. The molecule has 0 aliphatic rings. The van der Waals surface area contributed by atoms with Crippen molar-refractivity contribution >= 4 is 0 Å². The molecule has 0 fully saturated rings. The van der Waals surface area contributed by atoms with Gasteiger partial charge in [-0.1, -0.05) is 41.0 Å². The largest absolute Gasteiger partial charge is 0.330 e. The molecule has 2 N–H and O–H groups in total. The van der Waals surface area contributed by atoms with E-state index in [0.717, 1.165) is 18.4 Å². The Morgan fingerprint density at radius 1 is 1.12 bits per heavy atom. The van der Waals surface area contributed by atoms with Gasteiger partial charge in [0.1, 0.15) is 0 Å². The Morgan fingerprint density at radius 2 is 1.76 bits per heavy atom. The van der Waals surface area contributed by atoms with E-state index in [1.165, 1.54) is 38.9 Å². The van der Waals surface area contributed by atoms with Gasteiger partial charge >= 0.3 is 0 Å². The molecule has 0 aromatic carbocycles. The minimum Gasteiger partial charge on any atom is -0.330 e. The SMILES string of the molecule is CCC(C)CN(CC)CCC(CN)CC(C)C. The van der Waals surface area contributed by atoms with E-state index in [4.69, 9.17) is 5.73 Å². The lowest BCUT2D eigenvalue weighted by Gasteiger charge is -2.26. The fourth-order valence-corrected chi connectivity index (χ4v) is 2.31. The standard InChI is InChI=1S/C15H34N2/c1-6-14(5)12-17(7-2)9-8-15(11-16)10-13(3)4/h13-15H,6-12,16H2,1-5H3. The molecule has 0 saturated heterocycles. The van der Waals surface area contributed by atoms with Gasteiger partial charge in [-0.25, -0.2) is 0 Å². The average molecular weight is 242 g/mol. The number of nitrogens with two attached hydrogens (primary N) is 1. The molecule has 104 valence electrons. The van der Waals surface area contributed by atoms with Gasteiger partial charge in [-0.15, -0.1) is 0 Å². The lowest BCUT2D eigenvalue weighted by Crippen LogP contribution is -2.31. The molecule has 0 aliphatic heterocycles. The summed E-state index contributed by atoms with van der Waals surface area (Å²) in [6.45, 7) is 15.9. The zero-order valence-electron chi connectivity index (χ0n) is 12.7. The maximum atomic E-state index is 5.86. The highest BCUT2D eigenvalue weighted by Crippen LogP contribution is 2.15. The highest BCUT2D eigenvalue weighted by molar-refractivity contribution is 4.67. The highest BCUT2D eigenvalue weighted by Gasteiger charge is 2.12. The van der Waals surface area contributed by atoms with Crippen LogP contribution < -0.4 is 5.73 Å². The summed E-state index contributed by atoms with van der Waals surface area (Å²) in [5.41, 5.74) is 5.86. The Kier molecular flexibility index (Phi) is 9.85. The molecule has 0 amide bonds. The summed E-state index contributed by atoms with van der Waals surface area (Å²) in [5.74, 6) is 2.30. The first kappa shape index (κ1) is 16.9. The monoisotopic (exact) mass is 242 g/mol. The Hall–Kier alpha value is -0.0800. The predicted octanol–water partition coefficient (Wildman–Crippen LogP) is 3.37. The molecule has 0 radical (unpaired) electrons. The van der Waals surface area contributed by atoms with E-state index in [2.05, 4.69) is 39.5 Å². The summed E-state index contributed by atoms with van der Waals surface area (Å²) in [7, 11) is 0. The van der Waals surface area contributed by atoms with Crippen molar-refractivity contribution in [1.82, 2.24) is 4.90 Å². The van der Waals surface area contributed by atoms with Crippen LogP contribution in [0.2, 0.25) is 0 Å². The van der Waals surface area contributed by atoms with Gasteiger partial charge in [-0.2, -0.15) is 0 Å². The van der Waals surface area contributed by atoms with Crippen LogP contribution in [0.4, 0.5) is 0 Å². The zero-order valence-corrected chi connectivity index (χ0v) is 12.7. The van der Waals surface area contributed by atoms with Crippen LogP contribution in [0.15, 0.2) is 0 Å². The fourth-order valence-electron chi connectivity index (χ4n) is 2.31. The second kappa shape index (κ2) is 9.90. The summed E-state index contributed by atoms with van der Waals surface area (Å²) in [5, 5.41) is 0. The van der Waals surface area contributed by atoms with Crippen molar-refractivity contribution in [3.8, 4) is 0 Å². The summed E-state index contributed by atoms with van der Waals surface area (Å²) in [4.78, 5) is 2.58. The molecule has 0 heterocycles. The fraction of sp³-hybridized carbons (Fsp3) is 1.00. The van der Waals surface area contributed by atoms with Crippen LogP contribution in [0.5, 0.6) is 0 Å². The minimum atomic E-state index is 0.709.